The molecule has 6 heteroatoms. The number of benzene rings is 2. The summed E-state index contributed by atoms with van der Waals surface area (Å²) in [6.07, 6.45) is 0. The van der Waals surface area contributed by atoms with Gasteiger partial charge in [0.25, 0.3) is 5.91 Å². The van der Waals surface area contributed by atoms with Gasteiger partial charge in [0, 0.05) is 4.47 Å². The van der Waals surface area contributed by atoms with Gasteiger partial charge in [0.05, 0.1) is 22.9 Å². The summed E-state index contributed by atoms with van der Waals surface area (Å²) in [6, 6.07) is 9.24. The van der Waals surface area contributed by atoms with Gasteiger partial charge >= 0.3 is 0 Å². The Bertz CT molecular complexity index is 655. The third-order valence-corrected chi connectivity index (χ3v) is 3.60. The van der Waals surface area contributed by atoms with Crippen molar-refractivity contribution in [2.45, 2.75) is 6.92 Å². The number of carbonyl (C=O) groups excluding carboxylic acids is 1. The maximum atomic E-state index is 13.2. The molecule has 0 aliphatic carbocycles. The van der Waals surface area contributed by atoms with Crippen molar-refractivity contribution in [1.82, 2.24) is 0 Å². The molecule has 0 saturated carbocycles. The minimum atomic E-state index is -0.486. The van der Waals surface area contributed by atoms with Crippen LogP contribution >= 0.6 is 27.5 Å². The smallest absolute Gasteiger partial charge is 0.259 e. The summed E-state index contributed by atoms with van der Waals surface area (Å²) in [6.45, 7) is 2.29. The number of nitrogens with one attached hydrogen (secondary N) is 1. The zero-order chi connectivity index (χ0) is 15.4. The van der Waals surface area contributed by atoms with Crippen LogP contribution in [0.15, 0.2) is 40.9 Å². The monoisotopic (exact) mass is 371 g/mol. The van der Waals surface area contributed by atoms with Crippen molar-refractivity contribution in [2.24, 2.45) is 0 Å². The molecule has 2 aromatic rings. The summed E-state index contributed by atoms with van der Waals surface area (Å²) in [4.78, 5) is 12.3. The van der Waals surface area contributed by atoms with Gasteiger partial charge < -0.3 is 10.1 Å². The van der Waals surface area contributed by atoms with E-state index in [1.165, 1.54) is 6.07 Å². The molecule has 0 aliphatic heterocycles. The number of carbonyl (C=O) groups is 1. The van der Waals surface area contributed by atoms with Crippen molar-refractivity contribution in [2.75, 3.05) is 11.9 Å². The Labute approximate surface area is 135 Å². The van der Waals surface area contributed by atoms with E-state index in [1.807, 2.05) is 6.92 Å². The first-order chi connectivity index (χ1) is 10.0. The summed E-state index contributed by atoms with van der Waals surface area (Å²) >= 11 is 9.13. The van der Waals surface area contributed by atoms with E-state index < -0.39 is 5.82 Å². The highest BCUT2D eigenvalue weighted by molar-refractivity contribution is 9.10. The van der Waals surface area contributed by atoms with E-state index in [4.69, 9.17) is 16.3 Å². The lowest BCUT2D eigenvalue weighted by Gasteiger charge is -2.12. The molecule has 1 amide bonds. The number of halogens is 3. The van der Waals surface area contributed by atoms with Crippen LogP contribution in [0.5, 0.6) is 5.75 Å². The van der Waals surface area contributed by atoms with Crippen LogP contribution in [0.25, 0.3) is 0 Å². The molecule has 0 radical (unpaired) electrons. The number of para-hydroxylation sites is 1. The van der Waals surface area contributed by atoms with E-state index in [9.17, 15) is 9.18 Å². The molecule has 2 aromatic carbocycles. The number of hydrogen-bond donors (Lipinski definition) is 1. The number of ether oxygens (including phenoxy) is 1. The zero-order valence-corrected chi connectivity index (χ0v) is 13.5. The molecular formula is C15H12BrClFNO2. The predicted octanol–water partition coefficient (Wildman–Crippen LogP) is 4.89. The number of anilines is 1. The van der Waals surface area contributed by atoms with Gasteiger partial charge in [-0.2, -0.15) is 0 Å². The molecule has 21 heavy (non-hydrogen) atoms. The molecule has 2 rings (SSSR count). The number of amides is 1. The maximum absolute atomic E-state index is 13.2. The Morgan fingerprint density at radius 3 is 2.76 bits per heavy atom. The Balaban J connectivity index is 2.31. The molecule has 0 aromatic heterocycles. The van der Waals surface area contributed by atoms with Gasteiger partial charge in [-0.1, -0.05) is 23.7 Å². The lowest BCUT2D eigenvalue weighted by molar-refractivity contribution is 0.102. The molecule has 1 N–H and O–H groups in total. The van der Waals surface area contributed by atoms with Crippen molar-refractivity contribution in [3.63, 3.8) is 0 Å². The highest BCUT2D eigenvalue weighted by atomic mass is 79.9. The molecule has 110 valence electrons. The van der Waals surface area contributed by atoms with Crippen LogP contribution in [0, 0.1) is 5.82 Å². The molecule has 0 heterocycles. The van der Waals surface area contributed by atoms with E-state index in [-0.39, 0.29) is 10.9 Å². The zero-order valence-electron chi connectivity index (χ0n) is 11.1. The molecule has 0 atom stereocenters. The fourth-order valence-electron chi connectivity index (χ4n) is 1.78. The van der Waals surface area contributed by atoms with E-state index in [2.05, 4.69) is 21.2 Å². The number of rotatable bonds is 4. The second-order valence-corrected chi connectivity index (χ2v) is 5.39. The third kappa shape index (κ3) is 3.74. The van der Waals surface area contributed by atoms with Gasteiger partial charge in [-0.05, 0) is 47.1 Å². The summed E-state index contributed by atoms with van der Waals surface area (Å²) < 4.78 is 19.0. The molecule has 0 saturated heterocycles. The predicted molar refractivity (Wildman–Crippen MR) is 84.7 cm³/mol. The van der Waals surface area contributed by atoms with Crippen LogP contribution in [0.3, 0.4) is 0 Å². The standard InChI is InChI=1S/C15H12BrClFNO2/c1-2-21-13-6-4-3-5-10(13)15(20)19-14-11(16)7-9(18)8-12(14)17/h3-8H,2H2,1H3,(H,19,20). The van der Waals surface area contributed by atoms with Crippen molar-refractivity contribution in [3.05, 3.63) is 57.3 Å². The van der Waals surface area contributed by atoms with Crippen molar-refractivity contribution in [1.29, 1.82) is 0 Å². The Morgan fingerprint density at radius 1 is 1.38 bits per heavy atom. The lowest BCUT2D eigenvalue weighted by Crippen LogP contribution is -2.14. The van der Waals surface area contributed by atoms with Gasteiger partial charge in [-0.3, -0.25) is 4.79 Å². The van der Waals surface area contributed by atoms with E-state index in [1.54, 1.807) is 24.3 Å². The van der Waals surface area contributed by atoms with E-state index in [0.717, 1.165) is 6.07 Å². The second kappa shape index (κ2) is 6.91. The van der Waals surface area contributed by atoms with Gasteiger partial charge in [0.2, 0.25) is 0 Å². The molecule has 3 nitrogen and oxygen atoms in total. The average Bonchev–Trinajstić information content (AvgIpc) is 2.43. The van der Waals surface area contributed by atoms with Crippen LogP contribution in [-0.4, -0.2) is 12.5 Å². The van der Waals surface area contributed by atoms with Crippen LogP contribution in [-0.2, 0) is 0 Å². The normalized spacial score (nSPS) is 10.3. The largest absolute Gasteiger partial charge is 0.493 e. The summed E-state index contributed by atoms with van der Waals surface area (Å²) in [5.41, 5.74) is 0.695. The van der Waals surface area contributed by atoms with Crippen molar-refractivity contribution < 1.29 is 13.9 Å². The van der Waals surface area contributed by atoms with Gasteiger partial charge in [0.1, 0.15) is 11.6 Å². The molecule has 0 spiro atoms. The summed E-state index contributed by atoms with van der Waals surface area (Å²) in [5, 5.41) is 2.77. The number of hydrogen-bond acceptors (Lipinski definition) is 2. The summed E-state index contributed by atoms with van der Waals surface area (Å²) in [5.74, 6) is -0.389. The topological polar surface area (TPSA) is 38.3 Å². The Hall–Kier alpha value is -1.59. The highest BCUT2D eigenvalue weighted by Gasteiger charge is 2.16. The van der Waals surface area contributed by atoms with Crippen LogP contribution in [0.1, 0.15) is 17.3 Å². The maximum Gasteiger partial charge on any atom is 0.259 e. The lowest BCUT2D eigenvalue weighted by atomic mass is 10.2. The SMILES string of the molecule is CCOc1ccccc1C(=O)Nc1c(Cl)cc(F)cc1Br. The van der Waals surface area contributed by atoms with Crippen molar-refractivity contribution >= 4 is 39.1 Å². The average molecular weight is 373 g/mol. The fraction of sp³-hybridized carbons (Fsp3) is 0.133. The summed E-state index contributed by atoms with van der Waals surface area (Å²) in [7, 11) is 0. The van der Waals surface area contributed by atoms with Gasteiger partial charge in [-0.15, -0.1) is 0 Å². The first kappa shape index (κ1) is 15.8. The molecule has 0 aliphatic rings. The van der Waals surface area contributed by atoms with Gasteiger partial charge in [-0.25, -0.2) is 4.39 Å². The third-order valence-electron chi connectivity index (χ3n) is 2.68. The molecule has 0 unspecified atom stereocenters. The molecule has 0 fully saturated rings. The van der Waals surface area contributed by atoms with E-state index >= 15 is 0 Å². The highest BCUT2D eigenvalue weighted by Crippen LogP contribution is 2.32. The van der Waals surface area contributed by atoms with Crippen LogP contribution < -0.4 is 10.1 Å². The molecular weight excluding hydrogens is 361 g/mol. The first-order valence-corrected chi connectivity index (χ1v) is 7.37. The quantitative estimate of drug-likeness (QED) is 0.829. The van der Waals surface area contributed by atoms with E-state index in [0.29, 0.717) is 28.1 Å². The molecule has 0 bridgehead atoms. The minimum Gasteiger partial charge on any atom is -0.493 e. The fourth-order valence-corrected chi connectivity index (χ4v) is 2.68. The first-order valence-electron chi connectivity index (χ1n) is 6.20. The second-order valence-electron chi connectivity index (χ2n) is 4.13. The van der Waals surface area contributed by atoms with Crippen molar-refractivity contribution in [3.8, 4) is 5.75 Å². The Kier molecular flexibility index (Phi) is 5.20. The van der Waals surface area contributed by atoms with Crippen LogP contribution in [0.2, 0.25) is 5.02 Å². The minimum absolute atomic E-state index is 0.115. The van der Waals surface area contributed by atoms with Gasteiger partial charge in [0.15, 0.2) is 0 Å². The van der Waals surface area contributed by atoms with Crippen LogP contribution in [0.4, 0.5) is 10.1 Å². The Morgan fingerprint density at radius 2 is 2.10 bits per heavy atom.